The standard InChI is InChI=1S/C7H16N2OS/c1-4-11-6(2)5-9-7(10)8-3/h6H,4-5H2,1-3H3,(H2,8,9,10). The Morgan fingerprint density at radius 2 is 2.27 bits per heavy atom. The van der Waals surface area contributed by atoms with Crippen molar-refractivity contribution in [2.45, 2.75) is 19.1 Å². The zero-order chi connectivity index (χ0) is 8.69. The zero-order valence-corrected chi connectivity index (χ0v) is 8.12. The average Bonchev–Trinajstić information content (AvgIpc) is 2.01. The fraction of sp³-hybridized carbons (Fsp3) is 0.857. The lowest BCUT2D eigenvalue weighted by atomic mass is 10.5. The Balaban J connectivity index is 3.29. The van der Waals surface area contributed by atoms with Crippen LogP contribution in [-0.4, -0.2) is 30.6 Å². The Labute approximate surface area is 72.3 Å². The van der Waals surface area contributed by atoms with Crippen LogP contribution in [0.1, 0.15) is 13.8 Å². The van der Waals surface area contributed by atoms with Crippen molar-refractivity contribution in [1.82, 2.24) is 10.6 Å². The molecule has 0 saturated carbocycles. The summed E-state index contributed by atoms with van der Waals surface area (Å²) in [4.78, 5) is 10.7. The number of rotatable bonds is 4. The van der Waals surface area contributed by atoms with Crippen LogP contribution in [0, 0.1) is 0 Å². The molecule has 1 unspecified atom stereocenters. The van der Waals surface area contributed by atoms with E-state index >= 15 is 0 Å². The van der Waals surface area contributed by atoms with Gasteiger partial charge in [0.1, 0.15) is 0 Å². The molecule has 0 fully saturated rings. The van der Waals surface area contributed by atoms with Crippen molar-refractivity contribution in [3.05, 3.63) is 0 Å². The van der Waals surface area contributed by atoms with Crippen LogP contribution in [-0.2, 0) is 0 Å². The zero-order valence-electron chi connectivity index (χ0n) is 7.31. The van der Waals surface area contributed by atoms with E-state index in [-0.39, 0.29) is 6.03 Å². The lowest BCUT2D eigenvalue weighted by Crippen LogP contribution is -2.36. The summed E-state index contributed by atoms with van der Waals surface area (Å²) in [5.41, 5.74) is 0. The van der Waals surface area contributed by atoms with Crippen molar-refractivity contribution in [3.63, 3.8) is 0 Å². The summed E-state index contributed by atoms with van der Waals surface area (Å²) in [7, 11) is 1.62. The molecule has 0 aromatic carbocycles. The highest BCUT2D eigenvalue weighted by atomic mass is 32.2. The molecule has 0 aliphatic heterocycles. The van der Waals surface area contributed by atoms with Crippen LogP contribution >= 0.6 is 11.8 Å². The van der Waals surface area contributed by atoms with Gasteiger partial charge in [0.15, 0.2) is 0 Å². The van der Waals surface area contributed by atoms with E-state index in [9.17, 15) is 4.79 Å². The summed E-state index contributed by atoms with van der Waals surface area (Å²) in [5.74, 6) is 1.09. The quantitative estimate of drug-likeness (QED) is 0.672. The number of nitrogens with one attached hydrogen (secondary N) is 2. The van der Waals surface area contributed by atoms with Crippen molar-refractivity contribution in [2.75, 3.05) is 19.3 Å². The summed E-state index contributed by atoms with van der Waals surface area (Å²) in [6, 6.07) is -0.103. The molecule has 0 saturated heterocycles. The molecule has 0 aliphatic rings. The van der Waals surface area contributed by atoms with Gasteiger partial charge in [0.2, 0.25) is 0 Å². The van der Waals surface area contributed by atoms with Crippen LogP contribution in [0.25, 0.3) is 0 Å². The van der Waals surface area contributed by atoms with Gasteiger partial charge in [-0.1, -0.05) is 13.8 Å². The molecule has 66 valence electrons. The SMILES string of the molecule is CCSC(C)CNC(=O)NC. The monoisotopic (exact) mass is 176 g/mol. The van der Waals surface area contributed by atoms with Gasteiger partial charge in [0, 0.05) is 18.8 Å². The first-order chi connectivity index (χ1) is 5.20. The van der Waals surface area contributed by atoms with E-state index in [1.807, 2.05) is 11.8 Å². The highest BCUT2D eigenvalue weighted by Gasteiger charge is 2.01. The number of carbonyl (C=O) groups excluding carboxylic acids is 1. The molecule has 2 N–H and O–H groups in total. The van der Waals surface area contributed by atoms with E-state index in [0.29, 0.717) is 5.25 Å². The molecule has 0 aliphatic carbocycles. The second-order valence-electron chi connectivity index (χ2n) is 2.23. The summed E-state index contributed by atoms with van der Waals surface area (Å²) in [6.45, 7) is 4.95. The lowest BCUT2D eigenvalue weighted by molar-refractivity contribution is 0.243. The predicted octanol–water partition coefficient (Wildman–Crippen LogP) is 1.06. The second-order valence-corrected chi connectivity index (χ2v) is 3.94. The first-order valence-corrected chi connectivity index (χ1v) is 4.82. The minimum atomic E-state index is -0.103. The van der Waals surface area contributed by atoms with E-state index in [2.05, 4.69) is 24.5 Å². The molecule has 11 heavy (non-hydrogen) atoms. The maximum absolute atomic E-state index is 10.7. The number of hydrogen-bond donors (Lipinski definition) is 2. The summed E-state index contributed by atoms with van der Waals surface area (Å²) >= 11 is 1.84. The normalized spacial score (nSPS) is 12.3. The Kier molecular flexibility index (Phi) is 6.12. The van der Waals surface area contributed by atoms with Gasteiger partial charge in [0.05, 0.1) is 0 Å². The Hall–Kier alpha value is -0.380. The Morgan fingerprint density at radius 3 is 2.73 bits per heavy atom. The molecule has 3 nitrogen and oxygen atoms in total. The van der Waals surface area contributed by atoms with Crippen molar-refractivity contribution in [1.29, 1.82) is 0 Å². The molecular formula is C7H16N2OS. The van der Waals surface area contributed by atoms with Gasteiger partial charge in [0.25, 0.3) is 0 Å². The lowest BCUT2D eigenvalue weighted by Gasteiger charge is -2.10. The number of amides is 2. The molecule has 0 heterocycles. The molecule has 1 atom stereocenters. The maximum Gasteiger partial charge on any atom is 0.314 e. The van der Waals surface area contributed by atoms with Crippen molar-refractivity contribution in [2.24, 2.45) is 0 Å². The minimum Gasteiger partial charge on any atom is -0.341 e. The predicted molar refractivity (Wildman–Crippen MR) is 50.1 cm³/mol. The number of hydrogen-bond acceptors (Lipinski definition) is 2. The van der Waals surface area contributed by atoms with Gasteiger partial charge in [-0.15, -0.1) is 0 Å². The maximum atomic E-state index is 10.7. The molecule has 0 rings (SSSR count). The molecule has 0 bridgehead atoms. The molecular weight excluding hydrogens is 160 g/mol. The molecule has 0 aromatic heterocycles. The molecule has 2 amide bonds. The van der Waals surface area contributed by atoms with Crippen LogP contribution in [0.3, 0.4) is 0 Å². The molecule has 0 aromatic rings. The van der Waals surface area contributed by atoms with Crippen LogP contribution < -0.4 is 10.6 Å². The Bertz CT molecular complexity index is 119. The summed E-state index contributed by atoms with van der Waals surface area (Å²) in [5, 5.41) is 5.75. The third kappa shape index (κ3) is 6.04. The van der Waals surface area contributed by atoms with E-state index in [1.54, 1.807) is 7.05 Å². The molecule has 0 spiro atoms. The largest absolute Gasteiger partial charge is 0.341 e. The second kappa shape index (κ2) is 6.34. The smallest absolute Gasteiger partial charge is 0.314 e. The van der Waals surface area contributed by atoms with Crippen LogP contribution in [0.2, 0.25) is 0 Å². The molecule has 4 heteroatoms. The van der Waals surface area contributed by atoms with E-state index < -0.39 is 0 Å². The highest BCUT2D eigenvalue weighted by molar-refractivity contribution is 7.99. The third-order valence-corrected chi connectivity index (χ3v) is 2.30. The minimum absolute atomic E-state index is 0.103. The number of carbonyl (C=O) groups is 1. The number of urea groups is 1. The van der Waals surface area contributed by atoms with Gasteiger partial charge in [-0.05, 0) is 5.75 Å². The Morgan fingerprint density at radius 1 is 1.64 bits per heavy atom. The highest BCUT2D eigenvalue weighted by Crippen LogP contribution is 2.07. The van der Waals surface area contributed by atoms with E-state index in [4.69, 9.17) is 0 Å². The van der Waals surface area contributed by atoms with Crippen molar-refractivity contribution >= 4 is 17.8 Å². The van der Waals surface area contributed by atoms with E-state index in [0.717, 1.165) is 12.3 Å². The van der Waals surface area contributed by atoms with Gasteiger partial charge in [-0.25, -0.2) is 4.79 Å². The van der Waals surface area contributed by atoms with Gasteiger partial charge in [-0.2, -0.15) is 11.8 Å². The van der Waals surface area contributed by atoms with Crippen LogP contribution in [0.5, 0.6) is 0 Å². The van der Waals surface area contributed by atoms with Gasteiger partial charge in [-0.3, -0.25) is 0 Å². The van der Waals surface area contributed by atoms with Crippen molar-refractivity contribution < 1.29 is 4.79 Å². The van der Waals surface area contributed by atoms with Crippen LogP contribution in [0.4, 0.5) is 4.79 Å². The molecule has 0 radical (unpaired) electrons. The van der Waals surface area contributed by atoms with E-state index in [1.165, 1.54) is 0 Å². The fourth-order valence-corrected chi connectivity index (χ4v) is 1.44. The third-order valence-electron chi connectivity index (χ3n) is 1.23. The average molecular weight is 176 g/mol. The topological polar surface area (TPSA) is 41.1 Å². The number of thioether (sulfide) groups is 1. The summed E-state index contributed by atoms with van der Waals surface area (Å²) < 4.78 is 0. The fourth-order valence-electron chi connectivity index (χ4n) is 0.668. The van der Waals surface area contributed by atoms with Gasteiger partial charge < -0.3 is 10.6 Å². The van der Waals surface area contributed by atoms with Crippen LogP contribution in [0.15, 0.2) is 0 Å². The van der Waals surface area contributed by atoms with Gasteiger partial charge >= 0.3 is 6.03 Å². The summed E-state index contributed by atoms with van der Waals surface area (Å²) in [6.07, 6.45) is 0. The van der Waals surface area contributed by atoms with Crippen molar-refractivity contribution in [3.8, 4) is 0 Å². The first kappa shape index (κ1) is 10.6. The first-order valence-electron chi connectivity index (χ1n) is 3.77.